The third-order valence-electron chi connectivity index (χ3n) is 2.93. The van der Waals surface area contributed by atoms with Crippen LogP contribution < -0.4 is 14.8 Å². The molecule has 0 spiro atoms. The van der Waals surface area contributed by atoms with Crippen molar-refractivity contribution in [2.24, 2.45) is 0 Å². The second-order valence-corrected chi connectivity index (χ2v) is 4.45. The molecule has 1 unspecified atom stereocenters. The number of carbonyl (C=O) groups is 1. The molecule has 0 fully saturated rings. The predicted molar refractivity (Wildman–Crippen MR) is 72.3 cm³/mol. The van der Waals surface area contributed by atoms with E-state index in [0.29, 0.717) is 17.3 Å². The van der Waals surface area contributed by atoms with Crippen LogP contribution in [0.15, 0.2) is 24.3 Å². The fraction of sp³-hybridized carbons (Fsp3) is 0.231. The molecule has 0 bridgehead atoms. The van der Waals surface area contributed by atoms with Crippen LogP contribution in [0.5, 0.6) is 11.5 Å². The number of fused-ring (bicyclic) bond motifs is 1. The van der Waals surface area contributed by atoms with Gasteiger partial charge in [-0.25, -0.2) is 0 Å². The number of benzene rings is 1. The second-order valence-electron chi connectivity index (χ2n) is 4.45. The number of H-pyrrole nitrogens is 1. The number of hydrogen-bond donors (Lipinski definition) is 2. The van der Waals surface area contributed by atoms with Gasteiger partial charge in [0.15, 0.2) is 17.3 Å². The van der Waals surface area contributed by atoms with Crippen molar-refractivity contribution in [1.29, 1.82) is 0 Å². The zero-order valence-corrected chi connectivity index (χ0v) is 11.2. The highest BCUT2D eigenvalue weighted by Gasteiger charge is 2.13. The summed E-state index contributed by atoms with van der Waals surface area (Å²) in [5.41, 5.74) is 0.849. The van der Waals surface area contributed by atoms with Crippen molar-refractivity contribution in [2.45, 2.75) is 13.0 Å². The van der Waals surface area contributed by atoms with Crippen molar-refractivity contribution in [3.8, 4) is 11.5 Å². The first-order valence-corrected chi connectivity index (χ1v) is 6.34. The maximum absolute atomic E-state index is 11.8. The number of amides is 1. The Kier molecular flexibility index (Phi) is 3.50. The first-order valence-electron chi connectivity index (χ1n) is 6.34. The molecule has 8 heteroatoms. The summed E-state index contributed by atoms with van der Waals surface area (Å²) in [6.07, 6.45) is 3.13. The topological polar surface area (TPSA) is 102 Å². The van der Waals surface area contributed by atoms with E-state index in [2.05, 4.69) is 25.9 Å². The van der Waals surface area contributed by atoms with Crippen molar-refractivity contribution in [2.75, 3.05) is 6.79 Å². The van der Waals surface area contributed by atoms with Gasteiger partial charge in [-0.15, -0.1) is 10.2 Å². The summed E-state index contributed by atoms with van der Waals surface area (Å²) in [4.78, 5) is 11.8. The molecular weight excluding hydrogens is 274 g/mol. The Morgan fingerprint density at radius 3 is 3.10 bits per heavy atom. The molecule has 2 heterocycles. The van der Waals surface area contributed by atoms with E-state index in [1.807, 2.05) is 18.2 Å². The van der Waals surface area contributed by atoms with Gasteiger partial charge in [0.25, 0.3) is 0 Å². The van der Waals surface area contributed by atoms with Crippen LogP contribution >= 0.6 is 0 Å². The Labute approximate surface area is 120 Å². The minimum Gasteiger partial charge on any atom is -0.454 e. The summed E-state index contributed by atoms with van der Waals surface area (Å²) >= 11 is 0. The quantitative estimate of drug-likeness (QED) is 0.807. The number of hydrogen-bond acceptors (Lipinski definition) is 6. The van der Waals surface area contributed by atoms with Crippen LogP contribution in [0.25, 0.3) is 6.08 Å². The average Bonchev–Trinajstić information content (AvgIpc) is 3.15. The molecule has 8 nitrogen and oxygen atoms in total. The molecule has 1 aliphatic heterocycles. The lowest BCUT2D eigenvalue weighted by Crippen LogP contribution is -2.25. The van der Waals surface area contributed by atoms with E-state index in [1.165, 1.54) is 6.08 Å². The minimum absolute atomic E-state index is 0.227. The van der Waals surface area contributed by atoms with Gasteiger partial charge in [0.2, 0.25) is 12.7 Å². The van der Waals surface area contributed by atoms with Gasteiger partial charge in [-0.1, -0.05) is 11.3 Å². The fourth-order valence-electron chi connectivity index (χ4n) is 1.87. The Morgan fingerprint density at radius 1 is 1.43 bits per heavy atom. The second kappa shape index (κ2) is 5.61. The number of carbonyl (C=O) groups excluding carboxylic acids is 1. The highest BCUT2D eigenvalue weighted by atomic mass is 16.7. The zero-order chi connectivity index (χ0) is 14.7. The summed E-state index contributed by atoms with van der Waals surface area (Å²) < 4.78 is 10.5. The van der Waals surface area contributed by atoms with E-state index < -0.39 is 0 Å². The summed E-state index contributed by atoms with van der Waals surface area (Å²) in [6, 6.07) is 5.15. The molecule has 108 valence electrons. The van der Waals surface area contributed by atoms with E-state index in [0.717, 1.165) is 5.56 Å². The van der Waals surface area contributed by atoms with Gasteiger partial charge in [-0.05, 0) is 30.7 Å². The lowest BCUT2D eigenvalue weighted by molar-refractivity contribution is -0.117. The van der Waals surface area contributed by atoms with Crippen LogP contribution in [0.2, 0.25) is 0 Å². The monoisotopic (exact) mass is 287 g/mol. The Balaban J connectivity index is 1.62. The maximum Gasteiger partial charge on any atom is 0.244 e. The molecule has 3 rings (SSSR count). The van der Waals surface area contributed by atoms with Crippen LogP contribution in [-0.2, 0) is 4.79 Å². The van der Waals surface area contributed by atoms with E-state index in [1.54, 1.807) is 13.0 Å². The smallest absolute Gasteiger partial charge is 0.244 e. The average molecular weight is 287 g/mol. The number of ether oxygens (including phenoxy) is 2. The lowest BCUT2D eigenvalue weighted by Gasteiger charge is -2.06. The van der Waals surface area contributed by atoms with Crippen LogP contribution in [-0.4, -0.2) is 33.3 Å². The maximum atomic E-state index is 11.8. The third-order valence-corrected chi connectivity index (χ3v) is 2.93. The normalized spacial score (nSPS) is 14.3. The number of tetrazole rings is 1. The Hall–Kier alpha value is -2.90. The van der Waals surface area contributed by atoms with Crippen LogP contribution in [0, 0.1) is 0 Å². The molecule has 1 amide bonds. The predicted octanol–water partition coefficient (Wildman–Crippen LogP) is 0.819. The molecule has 1 aliphatic rings. The summed E-state index contributed by atoms with van der Waals surface area (Å²) in [6.45, 7) is 2.00. The zero-order valence-electron chi connectivity index (χ0n) is 11.2. The first-order chi connectivity index (χ1) is 10.2. The number of nitrogens with one attached hydrogen (secondary N) is 2. The molecule has 2 N–H and O–H groups in total. The first kappa shape index (κ1) is 13.1. The van der Waals surface area contributed by atoms with Gasteiger partial charge >= 0.3 is 0 Å². The molecule has 0 radical (unpaired) electrons. The number of rotatable bonds is 4. The SMILES string of the molecule is CC(NC(=O)C=Cc1ccc2c(c1)OCO2)c1nn[nH]n1. The van der Waals surface area contributed by atoms with Gasteiger partial charge in [-0.3, -0.25) is 4.79 Å². The largest absolute Gasteiger partial charge is 0.454 e. The molecule has 0 saturated carbocycles. The molecule has 1 aromatic carbocycles. The van der Waals surface area contributed by atoms with E-state index in [9.17, 15) is 4.79 Å². The van der Waals surface area contributed by atoms with E-state index in [4.69, 9.17) is 9.47 Å². The summed E-state index contributed by atoms with van der Waals surface area (Å²) in [5, 5.41) is 16.1. The van der Waals surface area contributed by atoms with Crippen molar-refractivity contribution in [3.63, 3.8) is 0 Å². The number of aromatic amines is 1. The Bertz CT molecular complexity index is 668. The van der Waals surface area contributed by atoms with Gasteiger partial charge in [-0.2, -0.15) is 5.21 Å². The van der Waals surface area contributed by atoms with Crippen molar-refractivity contribution < 1.29 is 14.3 Å². The fourth-order valence-corrected chi connectivity index (χ4v) is 1.87. The van der Waals surface area contributed by atoms with Gasteiger partial charge < -0.3 is 14.8 Å². The third kappa shape index (κ3) is 2.99. The number of aromatic nitrogens is 4. The molecule has 2 aromatic rings. The molecule has 1 atom stereocenters. The van der Waals surface area contributed by atoms with Crippen LogP contribution in [0.4, 0.5) is 0 Å². The standard InChI is InChI=1S/C13H13N5O3/c1-8(13-15-17-18-16-13)14-12(19)5-3-9-2-4-10-11(6-9)21-7-20-10/h2-6,8H,7H2,1H3,(H,14,19)(H,15,16,17,18). The highest BCUT2D eigenvalue weighted by Crippen LogP contribution is 2.32. The Morgan fingerprint density at radius 2 is 2.29 bits per heavy atom. The molecule has 0 aliphatic carbocycles. The molecular formula is C13H13N5O3. The van der Waals surface area contributed by atoms with Gasteiger partial charge in [0.1, 0.15) is 0 Å². The number of nitrogens with zero attached hydrogens (tertiary/aromatic N) is 3. The molecule has 1 aromatic heterocycles. The summed E-state index contributed by atoms with van der Waals surface area (Å²) in [5.74, 6) is 1.57. The van der Waals surface area contributed by atoms with Gasteiger partial charge in [0.05, 0.1) is 6.04 Å². The van der Waals surface area contributed by atoms with E-state index >= 15 is 0 Å². The van der Waals surface area contributed by atoms with Crippen LogP contribution in [0.3, 0.4) is 0 Å². The van der Waals surface area contributed by atoms with Gasteiger partial charge in [0, 0.05) is 6.08 Å². The minimum atomic E-state index is -0.322. The summed E-state index contributed by atoms with van der Waals surface area (Å²) in [7, 11) is 0. The highest BCUT2D eigenvalue weighted by molar-refractivity contribution is 5.92. The van der Waals surface area contributed by atoms with Crippen molar-refractivity contribution in [3.05, 3.63) is 35.7 Å². The molecule has 0 saturated heterocycles. The van der Waals surface area contributed by atoms with Crippen LogP contribution in [0.1, 0.15) is 24.4 Å². The van der Waals surface area contributed by atoms with Crippen molar-refractivity contribution in [1.82, 2.24) is 25.9 Å². The molecule has 21 heavy (non-hydrogen) atoms. The van der Waals surface area contributed by atoms with E-state index in [-0.39, 0.29) is 18.7 Å². The van der Waals surface area contributed by atoms with Crippen molar-refractivity contribution >= 4 is 12.0 Å². The lowest BCUT2D eigenvalue weighted by atomic mass is 10.2.